The predicted octanol–water partition coefficient (Wildman–Crippen LogP) is 8.27. The third-order valence-electron chi connectivity index (χ3n) is 6.20. The number of aromatic nitrogens is 1. The standard InChI is InChI=1S/C24H37NS/c1-3-5-7-9-11-20-14-17-22-23(18-20)26-24(25-22)21-15-12-19(13-16-21)10-8-6-4-2/h14,17-19,21H,3-13,15-16H2,1-2H3. The van der Waals surface area contributed by atoms with Crippen LogP contribution in [0.2, 0.25) is 0 Å². The van der Waals surface area contributed by atoms with Crippen molar-refractivity contribution in [2.24, 2.45) is 5.92 Å². The lowest BCUT2D eigenvalue weighted by molar-refractivity contribution is 0.302. The Morgan fingerprint density at radius 1 is 0.923 bits per heavy atom. The molecule has 3 rings (SSSR count). The fourth-order valence-electron chi connectivity index (χ4n) is 4.45. The van der Waals surface area contributed by atoms with Crippen LogP contribution >= 0.6 is 11.3 Å². The molecule has 1 heterocycles. The normalized spacial score (nSPS) is 20.7. The number of nitrogens with zero attached hydrogens (tertiary/aromatic N) is 1. The van der Waals surface area contributed by atoms with Gasteiger partial charge in [0, 0.05) is 5.92 Å². The molecule has 2 heteroatoms. The molecule has 0 N–H and O–H groups in total. The van der Waals surface area contributed by atoms with Crippen LogP contribution in [-0.4, -0.2) is 4.98 Å². The Balaban J connectivity index is 1.54. The topological polar surface area (TPSA) is 12.9 Å². The quantitative estimate of drug-likeness (QED) is 0.383. The Kier molecular flexibility index (Phi) is 7.98. The van der Waals surface area contributed by atoms with Gasteiger partial charge in [0.15, 0.2) is 0 Å². The molecule has 0 saturated heterocycles. The maximum absolute atomic E-state index is 5.01. The first-order chi connectivity index (χ1) is 12.8. The minimum absolute atomic E-state index is 0.725. The molecule has 144 valence electrons. The van der Waals surface area contributed by atoms with E-state index in [1.807, 2.05) is 11.3 Å². The molecule has 0 aliphatic heterocycles. The first-order valence-electron chi connectivity index (χ1n) is 11.2. The van der Waals surface area contributed by atoms with Crippen LogP contribution in [0.4, 0.5) is 0 Å². The number of aryl methyl sites for hydroxylation is 1. The lowest BCUT2D eigenvalue weighted by Crippen LogP contribution is -2.13. The number of unbranched alkanes of at least 4 members (excludes halogenated alkanes) is 5. The van der Waals surface area contributed by atoms with Gasteiger partial charge in [-0.3, -0.25) is 0 Å². The van der Waals surface area contributed by atoms with Crippen molar-refractivity contribution in [3.63, 3.8) is 0 Å². The summed E-state index contributed by atoms with van der Waals surface area (Å²) in [6.45, 7) is 4.59. The minimum Gasteiger partial charge on any atom is -0.241 e. The van der Waals surface area contributed by atoms with Crippen molar-refractivity contribution in [3.8, 4) is 0 Å². The molecule has 0 amide bonds. The summed E-state index contributed by atoms with van der Waals surface area (Å²) in [6.07, 6.45) is 17.8. The Bertz CT molecular complexity index is 651. The summed E-state index contributed by atoms with van der Waals surface area (Å²) in [6, 6.07) is 6.99. The second-order valence-electron chi connectivity index (χ2n) is 8.38. The van der Waals surface area contributed by atoms with Crippen LogP contribution in [0.1, 0.15) is 107 Å². The van der Waals surface area contributed by atoms with Crippen molar-refractivity contribution in [2.45, 2.75) is 103 Å². The smallest absolute Gasteiger partial charge is 0.0969 e. The van der Waals surface area contributed by atoms with Gasteiger partial charge in [0.1, 0.15) is 0 Å². The zero-order chi connectivity index (χ0) is 18.2. The van der Waals surface area contributed by atoms with Gasteiger partial charge in [-0.15, -0.1) is 11.3 Å². The highest BCUT2D eigenvalue weighted by atomic mass is 32.1. The Morgan fingerprint density at radius 2 is 1.69 bits per heavy atom. The average molecular weight is 372 g/mol. The summed E-state index contributed by atoms with van der Waals surface area (Å²) < 4.78 is 1.41. The van der Waals surface area contributed by atoms with E-state index in [2.05, 4.69) is 32.0 Å². The van der Waals surface area contributed by atoms with E-state index in [9.17, 15) is 0 Å². The predicted molar refractivity (Wildman–Crippen MR) is 116 cm³/mol. The Labute approximate surface area is 164 Å². The SMILES string of the molecule is CCCCCCc1ccc2nc(C3CCC(CCCCC)CC3)sc2c1. The molecule has 26 heavy (non-hydrogen) atoms. The molecule has 0 unspecified atom stereocenters. The van der Waals surface area contributed by atoms with E-state index in [0.717, 1.165) is 11.8 Å². The fourth-order valence-corrected chi connectivity index (χ4v) is 5.65. The summed E-state index contributed by atoms with van der Waals surface area (Å²) in [5.74, 6) is 1.71. The van der Waals surface area contributed by atoms with Crippen molar-refractivity contribution in [1.82, 2.24) is 4.98 Å². The van der Waals surface area contributed by atoms with Crippen molar-refractivity contribution in [1.29, 1.82) is 0 Å². The van der Waals surface area contributed by atoms with E-state index >= 15 is 0 Å². The van der Waals surface area contributed by atoms with Crippen molar-refractivity contribution in [3.05, 3.63) is 28.8 Å². The molecule has 0 bridgehead atoms. The zero-order valence-electron chi connectivity index (χ0n) is 16.9. The van der Waals surface area contributed by atoms with E-state index < -0.39 is 0 Å². The summed E-state index contributed by atoms with van der Waals surface area (Å²) >= 11 is 1.97. The van der Waals surface area contributed by atoms with E-state index in [1.165, 1.54) is 104 Å². The number of hydrogen-bond acceptors (Lipinski definition) is 2. The summed E-state index contributed by atoms with van der Waals surface area (Å²) in [5, 5.41) is 1.41. The van der Waals surface area contributed by atoms with E-state index in [4.69, 9.17) is 4.98 Å². The molecule has 1 aromatic carbocycles. The molecule has 0 atom stereocenters. The summed E-state index contributed by atoms with van der Waals surface area (Å²) in [4.78, 5) is 5.01. The van der Waals surface area contributed by atoms with Crippen LogP contribution in [0.25, 0.3) is 10.2 Å². The van der Waals surface area contributed by atoms with Gasteiger partial charge in [0.2, 0.25) is 0 Å². The number of fused-ring (bicyclic) bond motifs is 1. The molecule has 1 saturated carbocycles. The van der Waals surface area contributed by atoms with Crippen molar-refractivity contribution < 1.29 is 0 Å². The second-order valence-corrected chi connectivity index (χ2v) is 9.44. The third-order valence-corrected chi connectivity index (χ3v) is 7.38. The number of hydrogen-bond donors (Lipinski definition) is 0. The molecule has 2 aromatic rings. The molecule has 1 aliphatic carbocycles. The van der Waals surface area contributed by atoms with Gasteiger partial charge in [-0.05, 0) is 62.1 Å². The Hall–Kier alpha value is -0.890. The molecule has 1 aliphatic rings. The van der Waals surface area contributed by atoms with E-state index in [-0.39, 0.29) is 0 Å². The first-order valence-corrected chi connectivity index (χ1v) is 12.0. The van der Waals surface area contributed by atoms with Crippen LogP contribution < -0.4 is 0 Å². The third kappa shape index (κ3) is 5.55. The van der Waals surface area contributed by atoms with Crippen LogP contribution in [0, 0.1) is 5.92 Å². The first kappa shape index (κ1) is 19.9. The molecular weight excluding hydrogens is 334 g/mol. The maximum atomic E-state index is 5.01. The second kappa shape index (κ2) is 10.4. The highest BCUT2D eigenvalue weighted by molar-refractivity contribution is 7.18. The van der Waals surface area contributed by atoms with Crippen LogP contribution in [0.15, 0.2) is 18.2 Å². The van der Waals surface area contributed by atoms with Gasteiger partial charge in [-0.25, -0.2) is 4.98 Å². The number of thiazole rings is 1. The zero-order valence-corrected chi connectivity index (χ0v) is 17.8. The molecule has 1 nitrogen and oxygen atoms in total. The van der Waals surface area contributed by atoms with E-state index in [1.54, 1.807) is 0 Å². The lowest BCUT2D eigenvalue weighted by Gasteiger charge is -2.27. The average Bonchev–Trinajstić information content (AvgIpc) is 3.09. The minimum atomic E-state index is 0.725. The lowest BCUT2D eigenvalue weighted by atomic mass is 9.80. The molecule has 0 radical (unpaired) electrons. The summed E-state index contributed by atoms with van der Waals surface area (Å²) in [5.41, 5.74) is 2.73. The maximum Gasteiger partial charge on any atom is 0.0969 e. The van der Waals surface area contributed by atoms with Crippen LogP contribution in [0.3, 0.4) is 0 Å². The van der Waals surface area contributed by atoms with Gasteiger partial charge in [-0.2, -0.15) is 0 Å². The number of rotatable bonds is 10. The molecular formula is C24H37NS. The molecule has 1 fully saturated rings. The van der Waals surface area contributed by atoms with Gasteiger partial charge in [0.25, 0.3) is 0 Å². The fraction of sp³-hybridized carbons (Fsp3) is 0.708. The van der Waals surface area contributed by atoms with E-state index in [0.29, 0.717) is 0 Å². The highest BCUT2D eigenvalue weighted by Gasteiger charge is 2.24. The van der Waals surface area contributed by atoms with Crippen molar-refractivity contribution >= 4 is 21.6 Å². The van der Waals surface area contributed by atoms with Gasteiger partial charge >= 0.3 is 0 Å². The molecule has 0 spiro atoms. The highest BCUT2D eigenvalue weighted by Crippen LogP contribution is 2.40. The summed E-state index contributed by atoms with van der Waals surface area (Å²) in [7, 11) is 0. The van der Waals surface area contributed by atoms with Gasteiger partial charge in [0.05, 0.1) is 15.2 Å². The monoisotopic (exact) mass is 371 g/mol. The number of benzene rings is 1. The van der Waals surface area contributed by atoms with Crippen molar-refractivity contribution in [2.75, 3.05) is 0 Å². The Morgan fingerprint density at radius 3 is 2.46 bits per heavy atom. The van der Waals surface area contributed by atoms with Gasteiger partial charge in [-0.1, -0.05) is 64.9 Å². The van der Waals surface area contributed by atoms with Crippen LogP contribution in [-0.2, 0) is 6.42 Å². The van der Waals surface area contributed by atoms with Gasteiger partial charge < -0.3 is 0 Å². The largest absolute Gasteiger partial charge is 0.241 e. The molecule has 1 aromatic heterocycles. The van der Waals surface area contributed by atoms with Crippen LogP contribution in [0.5, 0.6) is 0 Å².